The van der Waals surface area contributed by atoms with Crippen molar-refractivity contribution in [1.82, 2.24) is 10.2 Å². The molecule has 5 unspecified atom stereocenters. The van der Waals surface area contributed by atoms with E-state index in [2.05, 4.69) is 21.2 Å². The number of nitrogens with two attached hydrogens (primary N) is 1. The summed E-state index contributed by atoms with van der Waals surface area (Å²) in [5.41, 5.74) is 6.63. The summed E-state index contributed by atoms with van der Waals surface area (Å²) in [5.74, 6) is -0.951. The molecule has 166 valence electrons. The van der Waals surface area contributed by atoms with Gasteiger partial charge in [0.25, 0.3) is 5.91 Å². The van der Waals surface area contributed by atoms with Crippen LogP contribution in [0.5, 0.6) is 0 Å². The summed E-state index contributed by atoms with van der Waals surface area (Å²) in [6.07, 6.45) is -3.77. The molecule has 5 atom stereocenters. The molecular weight excluding hydrogens is 478 g/mol. The number of aliphatic hydroxyl groups is 1. The van der Waals surface area contributed by atoms with Crippen molar-refractivity contribution in [1.29, 1.82) is 0 Å². The Labute approximate surface area is 179 Å². The van der Waals surface area contributed by atoms with Gasteiger partial charge in [-0.15, -0.1) is 11.3 Å². The molecule has 1 aliphatic rings. The highest BCUT2D eigenvalue weighted by Crippen LogP contribution is 2.47. The van der Waals surface area contributed by atoms with Crippen molar-refractivity contribution in [2.45, 2.75) is 54.8 Å². The number of hydrogen-bond acceptors (Lipinski definition) is 5. The molecule has 0 aliphatic carbocycles. The van der Waals surface area contributed by atoms with Gasteiger partial charge in [0.15, 0.2) is 6.67 Å². The largest absolute Gasteiger partial charge is 0.425 e. The van der Waals surface area contributed by atoms with Crippen LogP contribution in [0.4, 0.5) is 17.6 Å². The van der Waals surface area contributed by atoms with Crippen LogP contribution in [0.1, 0.15) is 45.8 Å². The summed E-state index contributed by atoms with van der Waals surface area (Å²) < 4.78 is 53.1. The van der Waals surface area contributed by atoms with E-state index >= 15 is 0 Å². The zero-order valence-electron chi connectivity index (χ0n) is 16.2. The van der Waals surface area contributed by atoms with Gasteiger partial charge in [-0.05, 0) is 44.4 Å². The Morgan fingerprint density at radius 3 is 2.66 bits per heavy atom. The first-order chi connectivity index (χ1) is 13.5. The third-order valence-electron chi connectivity index (χ3n) is 5.26. The Kier molecular flexibility index (Phi) is 8.49. The Hall–Kier alpha value is -0.750. The van der Waals surface area contributed by atoms with E-state index in [1.165, 1.54) is 4.90 Å². The monoisotopic (exact) mass is 503 g/mol. The number of hydrogen-bond donors (Lipinski definition) is 3. The van der Waals surface area contributed by atoms with E-state index in [-0.39, 0.29) is 18.6 Å². The van der Waals surface area contributed by atoms with Crippen LogP contribution in [0.3, 0.4) is 0 Å². The van der Waals surface area contributed by atoms with Crippen LogP contribution in [-0.2, 0) is 11.0 Å². The predicted octanol–water partition coefficient (Wildman–Crippen LogP) is 3.17. The number of carbonyl (C=O) groups is 1. The highest BCUT2D eigenvalue weighted by Gasteiger charge is 2.42. The van der Waals surface area contributed by atoms with Crippen molar-refractivity contribution in [2.24, 2.45) is 5.73 Å². The van der Waals surface area contributed by atoms with E-state index in [1.54, 1.807) is 14.0 Å². The SMILES string of the molecule is CNCC(N)C1CC(c2sc(C(F)(F)F)cc2C(Br)CO)CC(C)N1C(=O)CF. The fraction of sp³-hybridized carbons (Fsp3) is 0.722. The number of thiophene rings is 1. The maximum Gasteiger partial charge on any atom is 0.425 e. The Morgan fingerprint density at radius 2 is 2.14 bits per heavy atom. The first-order valence-corrected chi connectivity index (χ1v) is 11.0. The molecule has 0 saturated carbocycles. The molecule has 2 rings (SSSR count). The molecule has 0 bridgehead atoms. The second-order valence-corrected chi connectivity index (χ2v) is 9.51. The maximum atomic E-state index is 13.3. The van der Waals surface area contributed by atoms with E-state index in [0.29, 0.717) is 41.2 Å². The van der Waals surface area contributed by atoms with Crippen molar-refractivity contribution in [3.05, 3.63) is 21.4 Å². The summed E-state index contributed by atoms with van der Waals surface area (Å²) in [7, 11) is 1.70. The second-order valence-electron chi connectivity index (χ2n) is 7.32. The van der Waals surface area contributed by atoms with E-state index in [0.717, 1.165) is 6.07 Å². The normalized spacial score (nSPS) is 25.1. The molecule has 0 spiro atoms. The Morgan fingerprint density at radius 1 is 1.48 bits per heavy atom. The fourth-order valence-electron chi connectivity index (χ4n) is 4.04. The van der Waals surface area contributed by atoms with Crippen LogP contribution in [0.15, 0.2) is 6.07 Å². The van der Waals surface area contributed by atoms with Gasteiger partial charge in [0.2, 0.25) is 0 Å². The van der Waals surface area contributed by atoms with E-state index < -0.39 is 40.5 Å². The average molecular weight is 504 g/mol. The number of halogens is 5. The van der Waals surface area contributed by atoms with Crippen LogP contribution in [0, 0.1) is 0 Å². The summed E-state index contributed by atoms with van der Waals surface area (Å²) in [6, 6.07) is -0.311. The summed E-state index contributed by atoms with van der Waals surface area (Å²) >= 11 is 3.91. The highest BCUT2D eigenvalue weighted by molar-refractivity contribution is 9.09. The van der Waals surface area contributed by atoms with Gasteiger partial charge in [-0.25, -0.2) is 4.39 Å². The summed E-state index contributed by atoms with van der Waals surface area (Å²) in [5, 5.41) is 12.4. The third-order valence-corrected chi connectivity index (χ3v) is 7.40. The molecule has 1 aromatic heterocycles. The van der Waals surface area contributed by atoms with Gasteiger partial charge in [-0.1, -0.05) is 15.9 Å². The van der Waals surface area contributed by atoms with Gasteiger partial charge in [-0.3, -0.25) is 4.79 Å². The van der Waals surface area contributed by atoms with Gasteiger partial charge in [0.1, 0.15) is 4.88 Å². The standard InChI is InChI=1S/C18H26BrF4N3O2S/c1-9-3-10(4-14(13(24)7-25-2)26(9)16(28)6-20)17-11(12(19)8-27)5-15(29-17)18(21,22)23/h5,9-10,12-14,25,27H,3-4,6-8,24H2,1-2H3. The Balaban J connectivity index is 2.44. The maximum absolute atomic E-state index is 13.3. The molecule has 0 radical (unpaired) electrons. The number of aliphatic hydroxyl groups excluding tert-OH is 1. The fourth-order valence-corrected chi connectivity index (χ4v) is 5.79. The van der Waals surface area contributed by atoms with E-state index in [1.807, 2.05) is 0 Å². The molecule has 1 aromatic rings. The summed E-state index contributed by atoms with van der Waals surface area (Å²) in [4.78, 5) is 12.8. The minimum absolute atomic E-state index is 0.288. The minimum Gasteiger partial charge on any atom is -0.395 e. The Bertz CT molecular complexity index is 703. The predicted molar refractivity (Wildman–Crippen MR) is 108 cm³/mol. The van der Waals surface area contributed by atoms with Gasteiger partial charge in [0, 0.05) is 29.5 Å². The van der Waals surface area contributed by atoms with Crippen molar-refractivity contribution in [3.63, 3.8) is 0 Å². The van der Waals surface area contributed by atoms with Crippen molar-refractivity contribution < 1.29 is 27.5 Å². The zero-order valence-corrected chi connectivity index (χ0v) is 18.6. The number of likely N-dealkylation sites (tertiary alicyclic amines) is 1. The number of alkyl halides is 5. The molecule has 0 aromatic carbocycles. The van der Waals surface area contributed by atoms with Gasteiger partial charge >= 0.3 is 6.18 Å². The molecule has 2 heterocycles. The lowest BCUT2D eigenvalue weighted by Gasteiger charge is -2.46. The number of nitrogens with one attached hydrogen (secondary N) is 1. The molecule has 5 nitrogen and oxygen atoms in total. The van der Waals surface area contributed by atoms with Crippen LogP contribution < -0.4 is 11.1 Å². The lowest BCUT2D eigenvalue weighted by molar-refractivity contribution is -0.139. The molecule has 1 fully saturated rings. The molecule has 1 aliphatic heterocycles. The smallest absolute Gasteiger partial charge is 0.395 e. The third kappa shape index (κ3) is 5.49. The first-order valence-electron chi connectivity index (χ1n) is 9.28. The van der Waals surface area contributed by atoms with Crippen molar-refractivity contribution in [3.8, 4) is 0 Å². The van der Waals surface area contributed by atoms with Crippen molar-refractivity contribution >= 4 is 33.2 Å². The van der Waals surface area contributed by atoms with Crippen molar-refractivity contribution in [2.75, 3.05) is 26.9 Å². The minimum atomic E-state index is -4.49. The number of amides is 1. The first kappa shape index (κ1) is 24.5. The number of nitrogens with zero attached hydrogens (tertiary/aromatic N) is 1. The summed E-state index contributed by atoms with van der Waals surface area (Å²) in [6.45, 7) is 0.643. The molecule has 11 heteroatoms. The second kappa shape index (κ2) is 10.0. The van der Waals surface area contributed by atoms with E-state index in [4.69, 9.17) is 5.73 Å². The number of likely N-dealkylation sites (N-methyl/N-ethyl adjacent to an activating group) is 1. The van der Waals surface area contributed by atoms with Gasteiger partial charge in [-0.2, -0.15) is 13.2 Å². The molecule has 1 saturated heterocycles. The van der Waals surface area contributed by atoms with E-state index in [9.17, 15) is 27.5 Å². The van der Waals surface area contributed by atoms with Crippen LogP contribution in [0.25, 0.3) is 0 Å². The quantitative estimate of drug-likeness (QED) is 0.394. The van der Waals surface area contributed by atoms with Crippen LogP contribution in [-0.4, -0.2) is 60.9 Å². The molecule has 4 N–H and O–H groups in total. The topological polar surface area (TPSA) is 78.6 Å². The van der Waals surface area contributed by atoms with Crippen LogP contribution >= 0.6 is 27.3 Å². The molecular formula is C18H26BrF4N3O2S. The lowest BCUT2D eigenvalue weighted by Crippen LogP contribution is -2.60. The molecule has 1 amide bonds. The van der Waals surface area contributed by atoms with Gasteiger partial charge in [0.05, 0.1) is 11.4 Å². The van der Waals surface area contributed by atoms with Crippen LogP contribution in [0.2, 0.25) is 0 Å². The molecule has 29 heavy (non-hydrogen) atoms. The van der Waals surface area contributed by atoms with Gasteiger partial charge < -0.3 is 21.1 Å². The highest BCUT2D eigenvalue weighted by atomic mass is 79.9. The number of carbonyl (C=O) groups excluding carboxylic acids is 1. The number of piperidine rings is 1. The average Bonchev–Trinajstić information content (AvgIpc) is 3.12. The number of rotatable bonds is 7. The lowest BCUT2D eigenvalue weighted by atomic mass is 9.81. The zero-order chi connectivity index (χ0) is 21.9.